The lowest BCUT2D eigenvalue weighted by Crippen LogP contribution is -2.33. The number of phenols is 1. The topological polar surface area (TPSA) is 40.5 Å². The summed E-state index contributed by atoms with van der Waals surface area (Å²) in [7, 11) is 0. The SMILES string of the molecule is CCN(Cc1cc(F)cc(C(C)=O)c1O)CC(F)(F)F. The minimum atomic E-state index is -4.39. The molecule has 0 saturated heterocycles. The molecule has 0 spiro atoms. The molecule has 7 heteroatoms. The predicted octanol–water partition coefficient (Wildman–Crippen LogP) is 3.12. The molecule has 0 aliphatic heterocycles. The molecule has 1 aromatic rings. The molecule has 1 aromatic carbocycles. The maximum Gasteiger partial charge on any atom is 0.401 e. The van der Waals surface area contributed by atoms with Crippen LogP contribution in [0.4, 0.5) is 17.6 Å². The standard InChI is InChI=1S/C13H15F4NO2/c1-3-18(7-13(15,16)17)6-9-4-10(14)5-11(8(2)19)12(9)20/h4-5,20H,3,6-7H2,1-2H3. The zero-order valence-electron chi connectivity index (χ0n) is 11.1. The first kappa shape index (κ1) is 16.4. The quantitative estimate of drug-likeness (QED) is 0.670. The number of ketones is 1. The van der Waals surface area contributed by atoms with E-state index in [1.165, 1.54) is 6.92 Å². The predicted molar refractivity (Wildman–Crippen MR) is 65.1 cm³/mol. The molecule has 1 N–H and O–H groups in total. The Hall–Kier alpha value is -1.63. The van der Waals surface area contributed by atoms with Crippen molar-refractivity contribution in [1.29, 1.82) is 0 Å². The van der Waals surface area contributed by atoms with Crippen LogP contribution in [0.2, 0.25) is 0 Å². The van der Waals surface area contributed by atoms with Crippen molar-refractivity contribution in [2.24, 2.45) is 0 Å². The Bertz CT molecular complexity index is 500. The highest BCUT2D eigenvalue weighted by atomic mass is 19.4. The number of halogens is 4. The van der Waals surface area contributed by atoms with Crippen LogP contribution in [-0.4, -0.2) is 35.1 Å². The summed E-state index contributed by atoms with van der Waals surface area (Å²) in [6.07, 6.45) is -4.39. The van der Waals surface area contributed by atoms with Crippen LogP contribution in [0, 0.1) is 5.82 Å². The van der Waals surface area contributed by atoms with Crippen LogP contribution in [-0.2, 0) is 6.54 Å². The summed E-state index contributed by atoms with van der Waals surface area (Å²) in [5, 5.41) is 9.83. The van der Waals surface area contributed by atoms with Gasteiger partial charge in [0.15, 0.2) is 5.78 Å². The average Bonchev–Trinajstić information content (AvgIpc) is 2.30. The average molecular weight is 293 g/mol. The van der Waals surface area contributed by atoms with Gasteiger partial charge in [-0.1, -0.05) is 6.92 Å². The third-order valence-corrected chi connectivity index (χ3v) is 2.78. The molecule has 0 heterocycles. The van der Waals surface area contributed by atoms with Crippen molar-refractivity contribution in [2.75, 3.05) is 13.1 Å². The molecule has 0 aromatic heterocycles. The zero-order valence-corrected chi connectivity index (χ0v) is 11.1. The molecule has 0 atom stereocenters. The van der Waals surface area contributed by atoms with E-state index in [-0.39, 0.29) is 24.2 Å². The summed E-state index contributed by atoms with van der Waals surface area (Å²) in [4.78, 5) is 12.2. The van der Waals surface area contributed by atoms with E-state index in [1.807, 2.05) is 0 Å². The van der Waals surface area contributed by atoms with Crippen LogP contribution in [0.1, 0.15) is 29.8 Å². The molecule has 1 rings (SSSR count). The molecule has 0 aliphatic rings. The Morgan fingerprint density at radius 3 is 2.40 bits per heavy atom. The van der Waals surface area contributed by atoms with Gasteiger partial charge < -0.3 is 5.11 Å². The van der Waals surface area contributed by atoms with Crippen molar-refractivity contribution in [2.45, 2.75) is 26.6 Å². The molecule has 20 heavy (non-hydrogen) atoms. The number of carbonyl (C=O) groups is 1. The molecule has 0 bridgehead atoms. The second-order valence-corrected chi connectivity index (χ2v) is 4.44. The van der Waals surface area contributed by atoms with Gasteiger partial charge in [0.25, 0.3) is 0 Å². The first-order chi connectivity index (χ1) is 9.14. The molecule has 0 amide bonds. The Morgan fingerprint density at radius 2 is 1.95 bits per heavy atom. The van der Waals surface area contributed by atoms with Gasteiger partial charge in [-0.2, -0.15) is 13.2 Å². The van der Waals surface area contributed by atoms with Crippen molar-refractivity contribution in [3.63, 3.8) is 0 Å². The van der Waals surface area contributed by atoms with Gasteiger partial charge in [-0.15, -0.1) is 0 Å². The van der Waals surface area contributed by atoms with Crippen molar-refractivity contribution >= 4 is 5.78 Å². The van der Waals surface area contributed by atoms with Crippen molar-refractivity contribution in [1.82, 2.24) is 4.90 Å². The van der Waals surface area contributed by atoms with Crippen molar-refractivity contribution in [3.05, 3.63) is 29.1 Å². The number of hydrogen-bond donors (Lipinski definition) is 1. The van der Waals surface area contributed by atoms with Gasteiger partial charge in [-0.05, 0) is 25.6 Å². The first-order valence-corrected chi connectivity index (χ1v) is 5.95. The largest absolute Gasteiger partial charge is 0.507 e. The lowest BCUT2D eigenvalue weighted by atomic mass is 10.0. The number of phenolic OH excluding ortho intramolecular Hbond substituents is 1. The second kappa shape index (κ2) is 6.21. The minimum Gasteiger partial charge on any atom is -0.507 e. The molecule has 3 nitrogen and oxygen atoms in total. The molecular formula is C13H15F4NO2. The number of rotatable bonds is 5. The summed E-state index contributed by atoms with van der Waals surface area (Å²) in [6, 6.07) is 1.79. The maximum atomic E-state index is 13.4. The Morgan fingerprint density at radius 1 is 1.35 bits per heavy atom. The van der Waals surface area contributed by atoms with Crippen LogP contribution in [0.3, 0.4) is 0 Å². The van der Waals surface area contributed by atoms with Crippen LogP contribution < -0.4 is 0 Å². The normalized spacial score (nSPS) is 11.9. The van der Waals surface area contributed by atoms with Crippen molar-refractivity contribution in [3.8, 4) is 5.75 Å². The summed E-state index contributed by atoms with van der Waals surface area (Å²) >= 11 is 0. The third-order valence-electron chi connectivity index (χ3n) is 2.78. The van der Waals surface area contributed by atoms with Crippen molar-refractivity contribution < 1.29 is 27.5 Å². The molecule has 0 aliphatic carbocycles. The van der Waals surface area contributed by atoms with Gasteiger partial charge in [0.05, 0.1) is 12.1 Å². The van der Waals surface area contributed by atoms with Gasteiger partial charge in [-0.3, -0.25) is 9.69 Å². The van der Waals surface area contributed by atoms with Gasteiger partial charge in [0.1, 0.15) is 11.6 Å². The molecule has 112 valence electrons. The second-order valence-electron chi connectivity index (χ2n) is 4.44. The monoisotopic (exact) mass is 293 g/mol. The van der Waals surface area contributed by atoms with E-state index in [0.29, 0.717) is 0 Å². The lowest BCUT2D eigenvalue weighted by Gasteiger charge is -2.22. The van der Waals surface area contributed by atoms with Gasteiger partial charge in [0, 0.05) is 12.1 Å². The van der Waals surface area contributed by atoms with E-state index < -0.39 is 30.1 Å². The van der Waals surface area contributed by atoms with Crippen LogP contribution in [0.5, 0.6) is 5.75 Å². The summed E-state index contributed by atoms with van der Waals surface area (Å²) in [5.74, 6) is -1.80. The Labute approximate surface area is 113 Å². The first-order valence-electron chi connectivity index (χ1n) is 5.95. The Kier molecular flexibility index (Phi) is 5.10. The van der Waals surface area contributed by atoms with E-state index in [2.05, 4.69) is 0 Å². The highest BCUT2D eigenvalue weighted by Crippen LogP contribution is 2.27. The Balaban J connectivity index is 3.04. The van der Waals surface area contributed by atoms with E-state index in [1.54, 1.807) is 0 Å². The number of nitrogens with zero attached hydrogens (tertiary/aromatic N) is 1. The zero-order chi connectivity index (χ0) is 15.5. The number of Topliss-reactive ketones (excluding diaryl/α,β-unsaturated/α-hetero) is 1. The minimum absolute atomic E-state index is 0.0405. The molecule has 0 fully saturated rings. The number of benzene rings is 1. The van der Waals surface area contributed by atoms with Crippen LogP contribution in [0.25, 0.3) is 0 Å². The smallest absolute Gasteiger partial charge is 0.401 e. The van der Waals surface area contributed by atoms with E-state index in [0.717, 1.165) is 24.0 Å². The van der Waals surface area contributed by atoms with E-state index >= 15 is 0 Å². The fourth-order valence-electron chi connectivity index (χ4n) is 1.82. The lowest BCUT2D eigenvalue weighted by molar-refractivity contribution is -0.146. The number of hydrogen-bond acceptors (Lipinski definition) is 3. The van der Waals surface area contributed by atoms with E-state index in [4.69, 9.17) is 0 Å². The highest BCUT2D eigenvalue weighted by Gasteiger charge is 2.30. The summed E-state index contributed by atoms with van der Waals surface area (Å²) < 4.78 is 50.4. The molecular weight excluding hydrogens is 278 g/mol. The van der Waals surface area contributed by atoms with Gasteiger partial charge >= 0.3 is 6.18 Å². The number of aromatic hydroxyl groups is 1. The van der Waals surface area contributed by atoms with Crippen LogP contribution in [0.15, 0.2) is 12.1 Å². The summed E-state index contributed by atoms with van der Waals surface area (Å²) in [6.45, 7) is 1.28. The molecule has 0 radical (unpaired) electrons. The maximum absolute atomic E-state index is 13.4. The third kappa shape index (κ3) is 4.48. The van der Waals surface area contributed by atoms with E-state index in [9.17, 15) is 27.5 Å². The molecule has 0 saturated carbocycles. The fraction of sp³-hybridized carbons (Fsp3) is 0.462. The highest BCUT2D eigenvalue weighted by molar-refractivity contribution is 5.97. The van der Waals surface area contributed by atoms with Gasteiger partial charge in [0.2, 0.25) is 0 Å². The number of carbonyl (C=O) groups excluding carboxylic acids is 1. The molecule has 0 unspecified atom stereocenters. The fourth-order valence-corrected chi connectivity index (χ4v) is 1.82. The van der Waals surface area contributed by atoms with Gasteiger partial charge in [-0.25, -0.2) is 4.39 Å². The van der Waals surface area contributed by atoms with Crippen LogP contribution >= 0.6 is 0 Å². The number of alkyl halides is 3. The summed E-state index contributed by atoms with van der Waals surface area (Å²) in [5.41, 5.74) is -0.274.